The number of phenols is 1. The third kappa shape index (κ3) is 6.03. The van der Waals surface area contributed by atoms with Gasteiger partial charge in [-0.15, -0.1) is 0 Å². The van der Waals surface area contributed by atoms with Gasteiger partial charge in [-0.2, -0.15) is 0 Å². The fourth-order valence-corrected chi connectivity index (χ4v) is 5.33. The second-order valence-electron chi connectivity index (χ2n) is 8.60. The number of ether oxygens (including phenoxy) is 2. The lowest BCUT2D eigenvalue weighted by molar-refractivity contribution is 0.129. The number of rotatable bonds is 8. The van der Waals surface area contributed by atoms with Crippen LogP contribution in [0.15, 0.2) is 35.6 Å². The molecule has 1 aromatic heterocycles. The minimum atomic E-state index is 0.164. The van der Waals surface area contributed by atoms with Crippen LogP contribution in [-0.4, -0.2) is 65.2 Å². The molecule has 2 aromatic rings. The molecule has 3 heterocycles. The normalized spacial score (nSPS) is 21.9. The minimum absolute atomic E-state index is 0.164. The zero-order valence-corrected chi connectivity index (χ0v) is 19.8. The first-order valence-corrected chi connectivity index (χ1v) is 12.4. The molecule has 0 saturated carbocycles. The third-order valence-electron chi connectivity index (χ3n) is 6.18. The number of nitrogens with zero attached hydrogens (tertiary/aromatic N) is 3. The Morgan fingerprint density at radius 3 is 3.03 bits per heavy atom. The third-order valence-corrected chi connectivity index (χ3v) is 7.17. The summed E-state index contributed by atoms with van der Waals surface area (Å²) in [6.45, 7) is 6.02. The van der Waals surface area contributed by atoms with E-state index in [1.165, 1.54) is 24.1 Å². The van der Waals surface area contributed by atoms with Crippen molar-refractivity contribution < 1.29 is 14.6 Å². The van der Waals surface area contributed by atoms with Crippen LogP contribution in [0.1, 0.15) is 48.4 Å². The van der Waals surface area contributed by atoms with Gasteiger partial charge >= 0.3 is 0 Å². The Bertz CT molecular complexity index is 931. The van der Waals surface area contributed by atoms with Crippen LogP contribution < -0.4 is 4.74 Å². The number of hydrogen-bond acceptors (Lipinski definition) is 7. The molecule has 2 atom stereocenters. The summed E-state index contributed by atoms with van der Waals surface area (Å²) in [5, 5.41) is 10.6. The molecule has 1 aromatic carbocycles. The van der Waals surface area contributed by atoms with Gasteiger partial charge in [-0.1, -0.05) is 30.0 Å². The first-order chi connectivity index (χ1) is 15.6. The quantitative estimate of drug-likeness (QED) is 0.458. The highest BCUT2D eigenvalue weighted by atomic mass is 32.2. The predicted molar refractivity (Wildman–Crippen MR) is 129 cm³/mol. The first kappa shape index (κ1) is 23.1. The van der Waals surface area contributed by atoms with E-state index >= 15 is 0 Å². The lowest BCUT2D eigenvalue weighted by Crippen LogP contribution is -2.35. The summed E-state index contributed by atoms with van der Waals surface area (Å²) in [6, 6.07) is 5.42. The number of likely N-dealkylation sites (tertiary alicyclic amines) is 1. The van der Waals surface area contributed by atoms with Crippen molar-refractivity contribution in [2.24, 2.45) is 0 Å². The molecule has 2 aliphatic rings. The first-order valence-electron chi connectivity index (χ1n) is 11.5. The molecule has 2 aliphatic heterocycles. The zero-order valence-electron chi connectivity index (χ0n) is 19.0. The number of phenolic OH excluding ortho intramolecular Hbond substituents is 1. The van der Waals surface area contributed by atoms with Crippen LogP contribution in [0.5, 0.6) is 11.5 Å². The van der Waals surface area contributed by atoms with Crippen LogP contribution in [0.4, 0.5) is 0 Å². The summed E-state index contributed by atoms with van der Waals surface area (Å²) in [6.07, 6.45) is 11.3. The summed E-state index contributed by atoms with van der Waals surface area (Å²) in [5.41, 5.74) is 3.41. The van der Waals surface area contributed by atoms with Crippen LogP contribution in [0.3, 0.4) is 0 Å². The van der Waals surface area contributed by atoms with E-state index in [0.717, 1.165) is 55.6 Å². The molecule has 0 amide bonds. The molecule has 7 heteroatoms. The van der Waals surface area contributed by atoms with Gasteiger partial charge < -0.3 is 14.6 Å². The number of hydrogen-bond donors (Lipinski definition) is 1. The van der Waals surface area contributed by atoms with Gasteiger partial charge in [0.1, 0.15) is 0 Å². The SMILES string of the molecule is COc1cc(/C=C/CN2CCC[C@@H](c3nc(SC[C@@H]4CCCO4)ncc3C)C2)ccc1O. The fourth-order valence-electron chi connectivity index (χ4n) is 4.44. The molecule has 0 bridgehead atoms. The largest absolute Gasteiger partial charge is 0.504 e. The Morgan fingerprint density at radius 2 is 2.22 bits per heavy atom. The van der Waals surface area contributed by atoms with Crippen molar-refractivity contribution in [1.82, 2.24) is 14.9 Å². The van der Waals surface area contributed by atoms with Crippen molar-refractivity contribution in [1.29, 1.82) is 0 Å². The summed E-state index contributed by atoms with van der Waals surface area (Å²) >= 11 is 1.72. The van der Waals surface area contributed by atoms with Crippen molar-refractivity contribution >= 4 is 17.8 Å². The number of methoxy groups -OCH3 is 1. The summed E-state index contributed by atoms with van der Waals surface area (Å²) in [4.78, 5) is 12.0. The Morgan fingerprint density at radius 1 is 1.31 bits per heavy atom. The van der Waals surface area contributed by atoms with Crippen LogP contribution in [-0.2, 0) is 4.74 Å². The van der Waals surface area contributed by atoms with Crippen molar-refractivity contribution in [3.63, 3.8) is 0 Å². The molecule has 0 spiro atoms. The van der Waals surface area contributed by atoms with Crippen molar-refractivity contribution in [3.8, 4) is 11.5 Å². The molecule has 6 nitrogen and oxygen atoms in total. The number of aryl methyl sites for hydroxylation is 1. The van der Waals surface area contributed by atoms with Crippen LogP contribution in [0.2, 0.25) is 0 Å². The number of thioether (sulfide) groups is 1. The van der Waals surface area contributed by atoms with Crippen molar-refractivity contribution in [2.45, 2.75) is 49.8 Å². The molecule has 2 fully saturated rings. The van der Waals surface area contributed by atoms with E-state index in [1.54, 1.807) is 24.9 Å². The average molecular weight is 456 g/mol. The van der Waals surface area contributed by atoms with Gasteiger partial charge in [0, 0.05) is 37.6 Å². The molecular formula is C25H33N3O3S. The smallest absolute Gasteiger partial charge is 0.187 e. The van der Waals surface area contributed by atoms with Crippen LogP contribution >= 0.6 is 11.8 Å². The van der Waals surface area contributed by atoms with E-state index < -0.39 is 0 Å². The van der Waals surface area contributed by atoms with E-state index in [0.29, 0.717) is 17.8 Å². The molecular weight excluding hydrogens is 422 g/mol. The Hall–Kier alpha value is -2.09. The maximum atomic E-state index is 9.76. The van der Waals surface area contributed by atoms with E-state index in [2.05, 4.69) is 29.0 Å². The zero-order chi connectivity index (χ0) is 22.3. The maximum Gasteiger partial charge on any atom is 0.187 e. The molecule has 0 aliphatic carbocycles. The number of piperidine rings is 1. The van der Waals surface area contributed by atoms with E-state index in [4.69, 9.17) is 14.5 Å². The average Bonchev–Trinajstić information content (AvgIpc) is 3.33. The van der Waals surface area contributed by atoms with Crippen molar-refractivity contribution in [3.05, 3.63) is 47.3 Å². The molecule has 32 heavy (non-hydrogen) atoms. The highest BCUT2D eigenvalue weighted by Gasteiger charge is 2.24. The lowest BCUT2D eigenvalue weighted by Gasteiger charge is -2.32. The minimum Gasteiger partial charge on any atom is -0.504 e. The van der Waals surface area contributed by atoms with Crippen LogP contribution in [0, 0.1) is 6.92 Å². The number of benzene rings is 1. The number of aromatic nitrogens is 2. The standard InChI is InChI=1S/C25H33N3O3S/c1-18-15-26-25(32-17-21-8-5-13-31-21)27-24(18)20-7-4-12-28(16-20)11-3-6-19-9-10-22(29)23(14-19)30-2/h3,6,9-10,14-15,20-21,29H,4-5,7-8,11-13,16-17H2,1-2H3/b6-3+/t20-,21+/m1/s1. The van der Waals surface area contributed by atoms with E-state index in [-0.39, 0.29) is 5.75 Å². The summed E-state index contributed by atoms with van der Waals surface area (Å²) < 4.78 is 10.9. The van der Waals surface area contributed by atoms with Gasteiger partial charge in [0.2, 0.25) is 0 Å². The molecule has 0 radical (unpaired) electrons. The van der Waals surface area contributed by atoms with Crippen LogP contribution in [0.25, 0.3) is 6.08 Å². The molecule has 1 N–H and O–H groups in total. The highest BCUT2D eigenvalue weighted by Crippen LogP contribution is 2.30. The Kier molecular flexibility index (Phi) is 8.05. The second-order valence-corrected chi connectivity index (χ2v) is 9.59. The van der Waals surface area contributed by atoms with Gasteiger partial charge in [0.15, 0.2) is 16.7 Å². The lowest BCUT2D eigenvalue weighted by atomic mass is 9.92. The molecule has 4 rings (SSSR count). The monoisotopic (exact) mass is 455 g/mol. The Balaban J connectivity index is 1.35. The number of aromatic hydroxyl groups is 1. The van der Waals surface area contributed by atoms with Gasteiger partial charge in [0.05, 0.1) is 18.9 Å². The maximum absolute atomic E-state index is 9.76. The molecule has 0 unspecified atom stereocenters. The fraction of sp³-hybridized carbons (Fsp3) is 0.520. The van der Waals surface area contributed by atoms with Gasteiger partial charge in [0.25, 0.3) is 0 Å². The Labute approximate surface area is 195 Å². The van der Waals surface area contributed by atoms with E-state index in [1.807, 2.05) is 18.3 Å². The van der Waals surface area contributed by atoms with Gasteiger partial charge in [-0.25, -0.2) is 9.97 Å². The molecule has 2 saturated heterocycles. The summed E-state index contributed by atoms with van der Waals surface area (Å²) in [7, 11) is 1.57. The van der Waals surface area contributed by atoms with Gasteiger partial charge in [-0.05, 0) is 62.4 Å². The van der Waals surface area contributed by atoms with E-state index in [9.17, 15) is 5.11 Å². The topological polar surface area (TPSA) is 67.7 Å². The summed E-state index contributed by atoms with van der Waals surface area (Å²) in [5.74, 6) is 2.04. The predicted octanol–water partition coefficient (Wildman–Crippen LogP) is 4.66. The second kappa shape index (κ2) is 11.2. The highest BCUT2D eigenvalue weighted by molar-refractivity contribution is 7.99. The molecule has 172 valence electrons. The van der Waals surface area contributed by atoms with Crippen molar-refractivity contribution in [2.75, 3.05) is 39.1 Å². The van der Waals surface area contributed by atoms with Gasteiger partial charge in [-0.3, -0.25) is 4.90 Å².